The molecule has 4 aromatic rings. The highest BCUT2D eigenvalue weighted by molar-refractivity contribution is 6.51. The molecule has 0 unspecified atom stereocenters. The van der Waals surface area contributed by atoms with Crippen molar-refractivity contribution in [3.63, 3.8) is 0 Å². The van der Waals surface area contributed by atoms with Gasteiger partial charge in [0.25, 0.3) is 0 Å². The first-order chi connectivity index (χ1) is 16.6. The molecule has 0 saturated carbocycles. The van der Waals surface area contributed by atoms with Crippen molar-refractivity contribution in [2.45, 2.75) is 19.8 Å². The van der Waals surface area contributed by atoms with Gasteiger partial charge in [-0.05, 0) is 28.1 Å². The van der Waals surface area contributed by atoms with Crippen LogP contribution in [0.1, 0.15) is 36.6 Å². The SMILES string of the molecule is CC(C)c1cc(-c2ccccc2)c2n1B(F)[N+]1=C(c3ccccc3)C=C(c3ccccc3)C1=N2.F. The summed E-state index contributed by atoms with van der Waals surface area (Å²) in [6.07, 6.45) is 2.07. The maximum Gasteiger partial charge on any atom is 0.727 e. The van der Waals surface area contributed by atoms with Gasteiger partial charge in [0, 0.05) is 17.3 Å². The predicted octanol–water partition coefficient (Wildman–Crippen LogP) is 6.88. The molecule has 6 rings (SSSR count). The van der Waals surface area contributed by atoms with Crippen LogP contribution in [0.4, 0.5) is 14.8 Å². The first-order valence-electron chi connectivity index (χ1n) is 11.7. The van der Waals surface area contributed by atoms with E-state index in [0.29, 0.717) is 11.7 Å². The highest BCUT2D eigenvalue weighted by Gasteiger charge is 2.50. The lowest BCUT2D eigenvalue weighted by atomic mass is 9.96. The molecule has 0 radical (unpaired) electrons. The maximum atomic E-state index is 16.7. The van der Waals surface area contributed by atoms with Crippen molar-refractivity contribution < 1.29 is 13.5 Å². The predicted molar refractivity (Wildman–Crippen MR) is 141 cm³/mol. The molecule has 0 atom stereocenters. The van der Waals surface area contributed by atoms with Crippen LogP contribution in [0.5, 0.6) is 0 Å². The molecule has 172 valence electrons. The fourth-order valence-corrected chi connectivity index (χ4v) is 4.87. The molecule has 0 fully saturated rings. The summed E-state index contributed by atoms with van der Waals surface area (Å²) in [5.41, 5.74) is 6.67. The van der Waals surface area contributed by atoms with Crippen LogP contribution in [0.2, 0.25) is 0 Å². The molecule has 0 bridgehead atoms. The van der Waals surface area contributed by atoms with E-state index >= 15 is 4.32 Å². The Hall–Kier alpha value is -4.06. The summed E-state index contributed by atoms with van der Waals surface area (Å²) < 4.78 is 20.2. The second-order valence-corrected chi connectivity index (χ2v) is 8.99. The normalized spacial score (nSPS) is 14.3. The van der Waals surface area contributed by atoms with Crippen LogP contribution in [0.25, 0.3) is 16.7 Å². The molecular weight excluding hydrogens is 439 g/mol. The second kappa shape index (κ2) is 8.95. The fraction of sp³-hybridized carbons (Fsp3) is 0.103. The lowest BCUT2D eigenvalue weighted by molar-refractivity contribution is -0.260. The number of fused-ring (bicyclic) bond motifs is 2. The third-order valence-corrected chi connectivity index (χ3v) is 6.52. The van der Waals surface area contributed by atoms with E-state index in [1.165, 1.54) is 0 Å². The summed E-state index contributed by atoms with van der Waals surface area (Å²) >= 11 is 0. The minimum atomic E-state index is -1.40. The van der Waals surface area contributed by atoms with Crippen LogP contribution >= 0.6 is 0 Å². The smallest absolute Gasteiger partial charge is 0.278 e. The molecule has 0 aliphatic carbocycles. The maximum absolute atomic E-state index is 16.7. The van der Waals surface area contributed by atoms with Gasteiger partial charge in [0.15, 0.2) is 0 Å². The average Bonchev–Trinajstić information content (AvgIpc) is 3.46. The molecule has 6 heteroatoms. The van der Waals surface area contributed by atoms with Crippen LogP contribution in [0.3, 0.4) is 0 Å². The first kappa shape index (κ1) is 22.7. The van der Waals surface area contributed by atoms with Gasteiger partial charge in [-0.25, -0.2) is 4.49 Å². The zero-order valence-corrected chi connectivity index (χ0v) is 19.6. The van der Waals surface area contributed by atoms with Gasteiger partial charge >= 0.3 is 13.1 Å². The van der Waals surface area contributed by atoms with Crippen molar-refractivity contribution in [3.8, 4) is 11.1 Å². The van der Waals surface area contributed by atoms with E-state index in [4.69, 9.17) is 4.99 Å². The lowest BCUT2D eigenvalue weighted by Crippen LogP contribution is -2.43. The van der Waals surface area contributed by atoms with Crippen LogP contribution in [-0.4, -0.2) is 27.8 Å². The summed E-state index contributed by atoms with van der Waals surface area (Å²) in [4.78, 5) is 5.15. The Morgan fingerprint density at radius 1 is 0.800 bits per heavy atom. The van der Waals surface area contributed by atoms with E-state index in [9.17, 15) is 0 Å². The van der Waals surface area contributed by atoms with E-state index < -0.39 is 7.26 Å². The van der Waals surface area contributed by atoms with E-state index in [1.807, 2.05) is 66.7 Å². The van der Waals surface area contributed by atoms with E-state index in [2.05, 4.69) is 50.3 Å². The van der Waals surface area contributed by atoms with Gasteiger partial charge in [-0.15, -0.1) is 0 Å². The minimum absolute atomic E-state index is 0. The van der Waals surface area contributed by atoms with Gasteiger partial charge in [-0.1, -0.05) is 105 Å². The number of amidine groups is 1. The summed E-state index contributed by atoms with van der Waals surface area (Å²) in [7, 11) is -1.40. The standard InChI is InChI=1S/C29H24BFN3.FH/c1-20(2)26-18-24(21-12-6-3-7-13-21)28-32-29-25(22-14-8-4-9-15-22)19-27(23-16-10-5-11-17-23)34(29)30(31)33(26)28;/h3-20H,1-2H3;1H/q+1;. The van der Waals surface area contributed by atoms with Crippen molar-refractivity contribution in [2.75, 3.05) is 0 Å². The Kier molecular flexibility index (Phi) is 5.81. The molecule has 3 heterocycles. The third kappa shape index (κ3) is 3.66. The Bertz CT molecular complexity index is 1470. The Morgan fingerprint density at radius 3 is 1.91 bits per heavy atom. The Morgan fingerprint density at radius 2 is 1.34 bits per heavy atom. The van der Waals surface area contributed by atoms with E-state index in [0.717, 1.165) is 39.2 Å². The zero-order chi connectivity index (χ0) is 23.2. The van der Waals surface area contributed by atoms with Gasteiger partial charge in [0.05, 0.1) is 11.1 Å². The van der Waals surface area contributed by atoms with Crippen molar-refractivity contribution in [3.05, 3.63) is 120 Å². The number of hydrogen-bond acceptors (Lipinski definition) is 1. The number of aliphatic imine (C=N–C) groups is 1. The van der Waals surface area contributed by atoms with Gasteiger partial charge in [-0.3, -0.25) is 13.5 Å². The quantitative estimate of drug-likeness (QED) is 0.294. The van der Waals surface area contributed by atoms with E-state index in [-0.39, 0.29) is 10.6 Å². The molecule has 0 saturated heterocycles. The highest BCUT2D eigenvalue weighted by Crippen LogP contribution is 2.41. The number of hydrogen-bond donors (Lipinski definition) is 0. The Labute approximate surface area is 204 Å². The van der Waals surface area contributed by atoms with Crippen molar-refractivity contribution in [1.82, 2.24) is 4.48 Å². The largest absolute Gasteiger partial charge is 0.727 e. The minimum Gasteiger partial charge on any atom is -0.278 e. The Balaban J connectivity index is 0.00000253. The number of rotatable bonds is 4. The lowest BCUT2D eigenvalue weighted by Gasteiger charge is -2.18. The number of halogens is 2. The molecular formula is C29H25BF2N3+. The van der Waals surface area contributed by atoms with Crippen LogP contribution in [0, 0.1) is 0 Å². The van der Waals surface area contributed by atoms with Crippen LogP contribution < -0.4 is 0 Å². The third-order valence-electron chi connectivity index (χ3n) is 6.52. The summed E-state index contributed by atoms with van der Waals surface area (Å²) in [6.45, 7) is 4.20. The monoisotopic (exact) mass is 464 g/mol. The molecule has 3 nitrogen and oxygen atoms in total. The average molecular weight is 464 g/mol. The van der Waals surface area contributed by atoms with Crippen molar-refractivity contribution in [1.29, 1.82) is 0 Å². The molecule has 0 N–H and O–H groups in total. The molecule has 0 spiro atoms. The van der Waals surface area contributed by atoms with Gasteiger partial charge in [-0.2, -0.15) is 0 Å². The van der Waals surface area contributed by atoms with Gasteiger partial charge in [0.2, 0.25) is 5.82 Å². The second-order valence-electron chi connectivity index (χ2n) is 8.99. The van der Waals surface area contributed by atoms with Gasteiger partial charge < -0.3 is 0 Å². The molecule has 2 aliphatic heterocycles. The topological polar surface area (TPSA) is 20.3 Å². The number of nitrogens with zero attached hydrogens (tertiary/aromatic N) is 3. The molecule has 2 aliphatic rings. The molecule has 1 aromatic heterocycles. The molecule has 0 amide bonds. The van der Waals surface area contributed by atoms with E-state index in [1.54, 1.807) is 8.96 Å². The number of allylic oxidation sites excluding steroid dienone is 1. The van der Waals surface area contributed by atoms with Gasteiger partial charge in [0.1, 0.15) is 5.71 Å². The first-order valence-corrected chi connectivity index (χ1v) is 11.7. The number of aromatic nitrogens is 1. The van der Waals surface area contributed by atoms with Crippen LogP contribution in [0.15, 0.2) is 108 Å². The fourth-order valence-electron chi connectivity index (χ4n) is 4.87. The van der Waals surface area contributed by atoms with Crippen LogP contribution in [-0.2, 0) is 0 Å². The van der Waals surface area contributed by atoms with Crippen molar-refractivity contribution >= 4 is 30.2 Å². The zero-order valence-electron chi connectivity index (χ0n) is 19.6. The van der Waals surface area contributed by atoms with Crippen molar-refractivity contribution in [2.24, 2.45) is 4.99 Å². The highest BCUT2D eigenvalue weighted by atomic mass is 19.1. The molecule has 3 aromatic carbocycles. The summed E-state index contributed by atoms with van der Waals surface area (Å²) in [6, 6.07) is 32.3. The summed E-state index contributed by atoms with van der Waals surface area (Å²) in [5, 5.41) is 0. The molecule has 35 heavy (non-hydrogen) atoms. The number of benzene rings is 3. The summed E-state index contributed by atoms with van der Waals surface area (Å²) in [5.74, 6) is 1.47.